The van der Waals surface area contributed by atoms with Gasteiger partial charge in [-0.15, -0.1) is 0 Å². The van der Waals surface area contributed by atoms with Crippen LogP contribution in [0.3, 0.4) is 0 Å². The number of hydrogen-bond donors (Lipinski definition) is 0. The number of aromatic nitrogens is 1. The largest absolute Gasteiger partial charge is 0.420 e. The molecule has 0 bridgehead atoms. The monoisotopic (exact) mass is 205 g/mol. The molecule has 0 aliphatic rings. The highest BCUT2D eigenvalue weighted by atomic mass is 16.4. The lowest BCUT2D eigenvalue weighted by Gasteiger charge is -2.05. The van der Waals surface area contributed by atoms with Crippen LogP contribution in [0.25, 0.3) is 11.1 Å². The van der Waals surface area contributed by atoms with E-state index in [0.717, 1.165) is 11.9 Å². The van der Waals surface area contributed by atoms with Gasteiger partial charge in [-0.1, -0.05) is 13.0 Å². The van der Waals surface area contributed by atoms with Crippen molar-refractivity contribution in [3.05, 3.63) is 34.3 Å². The third-order valence-electron chi connectivity index (χ3n) is 2.60. The SMILES string of the molecule is CCc1ccc2oc(=O)n(C(C)C)c2c1. The molecule has 0 radical (unpaired) electrons. The van der Waals surface area contributed by atoms with Crippen molar-refractivity contribution in [2.75, 3.05) is 0 Å². The average Bonchev–Trinajstić information content (AvgIpc) is 2.52. The van der Waals surface area contributed by atoms with Crippen LogP contribution in [0, 0.1) is 0 Å². The zero-order chi connectivity index (χ0) is 11.0. The summed E-state index contributed by atoms with van der Waals surface area (Å²) in [6.07, 6.45) is 0.966. The second kappa shape index (κ2) is 3.57. The quantitative estimate of drug-likeness (QED) is 0.755. The number of fused-ring (bicyclic) bond motifs is 1. The Hall–Kier alpha value is -1.51. The van der Waals surface area contributed by atoms with Crippen LogP contribution in [0.1, 0.15) is 32.4 Å². The maximum atomic E-state index is 11.6. The molecule has 0 unspecified atom stereocenters. The van der Waals surface area contributed by atoms with Crippen molar-refractivity contribution in [3.63, 3.8) is 0 Å². The summed E-state index contributed by atoms with van der Waals surface area (Å²) in [4.78, 5) is 11.6. The Morgan fingerprint density at radius 3 is 2.73 bits per heavy atom. The molecule has 3 nitrogen and oxygen atoms in total. The summed E-state index contributed by atoms with van der Waals surface area (Å²) >= 11 is 0. The molecule has 0 atom stereocenters. The smallest absolute Gasteiger partial charge is 0.408 e. The lowest BCUT2D eigenvalue weighted by molar-refractivity contribution is 0.478. The molecular formula is C12H15NO2. The van der Waals surface area contributed by atoms with Crippen LogP contribution >= 0.6 is 0 Å². The lowest BCUT2D eigenvalue weighted by Crippen LogP contribution is -2.15. The highest BCUT2D eigenvalue weighted by Crippen LogP contribution is 2.18. The van der Waals surface area contributed by atoms with E-state index in [1.54, 1.807) is 4.57 Å². The van der Waals surface area contributed by atoms with Gasteiger partial charge in [0, 0.05) is 6.04 Å². The summed E-state index contributed by atoms with van der Waals surface area (Å²) in [6.45, 7) is 6.06. The molecule has 2 rings (SSSR count). The highest BCUT2D eigenvalue weighted by Gasteiger charge is 2.11. The van der Waals surface area contributed by atoms with Crippen molar-refractivity contribution in [3.8, 4) is 0 Å². The molecule has 0 N–H and O–H groups in total. The maximum absolute atomic E-state index is 11.6. The zero-order valence-corrected chi connectivity index (χ0v) is 9.28. The minimum atomic E-state index is -0.270. The van der Waals surface area contributed by atoms with Crippen LogP contribution in [-0.4, -0.2) is 4.57 Å². The summed E-state index contributed by atoms with van der Waals surface area (Å²) in [5.41, 5.74) is 2.79. The summed E-state index contributed by atoms with van der Waals surface area (Å²) in [5, 5.41) is 0. The van der Waals surface area contributed by atoms with E-state index in [2.05, 4.69) is 6.92 Å². The van der Waals surface area contributed by atoms with Crippen molar-refractivity contribution in [1.29, 1.82) is 0 Å². The molecule has 2 aromatic rings. The Kier molecular flexibility index (Phi) is 2.39. The van der Waals surface area contributed by atoms with Crippen LogP contribution in [0.4, 0.5) is 0 Å². The van der Waals surface area contributed by atoms with Gasteiger partial charge in [0.2, 0.25) is 0 Å². The lowest BCUT2D eigenvalue weighted by atomic mass is 10.1. The van der Waals surface area contributed by atoms with E-state index in [4.69, 9.17) is 4.42 Å². The van der Waals surface area contributed by atoms with Gasteiger partial charge in [0.05, 0.1) is 5.52 Å². The molecule has 80 valence electrons. The minimum absolute atomic E-state index is 0.130. The normalized spacial score (nSPS) is 11.5. The fourth-order valence-corrected chi connectivity index (χ4v) is 1.79. The molecule has 1 heterocycles. The standard InChI is InChI=1S/C12H15NO2/c1-4-9-5-6-11-10(7-9)13(8(2)3)12(14)15-11/h5-8H,4H2,1-3H3. The van der Waals surface area contributed by atoms with Gasteiger partial charge in [0.15, 0.2) is 5.58 Å². The Bertz CT molecular complexity index is 534. The summed E-state index contributed by atoms with van der Waals surface area (Å²) < 4.78 is 6.86. The van der Waals surface area contributed by atoms with Crippen molar-refractivity contribution in [2.45, 2.75) is 33.2 Å². The fourth-order valence-electron chi connectivity index (χ4n) is 1.79. The summed E-state index contributed by atoms with van der Waals surface area (Å²) in [5.74, 6) is -0.270. The van der Waals surface area contributed by atoms with E-state index in [1.165, 1.54) is 5.56 Å². The summed E-state index contributed by atoms with van der Waals surface area (Å²) in [7, 11) is 0. The second-order valence-corrected chi connectivity index (χ2v) is 3.99. The van der Waals surface area contributed by atoms with Crippen LogP contribution in [0.5, 0.6) is 0 Å². The maximum Gasteiger partial charge on any atom is 0.420 e. The number of aryl methyl sites for hydroxylation is 1. The van der Waals surface area contributed by atoms with Crippen molar-refractivity contribution in [2.24, 2.45) is 0 Å². The number of hydrogen-bond acceptors (Lipinski definition) is 2. The molecule has 3 heteroatoms. The molecule has 0 amide bonds. The predicted molar refractivity (Wildman–Crippen MR) is 60.2 cm³/mol. The topological polar surface area (TPSA) is 35.1 Å². The van der Waals surface area contributed by atoms with Crippen LogP contribution in [0.15, 0.2) is 27.4 Å². The van der Waals surface area contributed by atoms with E-state index in [9.17, 15) is 4.79 Å². The first-order chi connectivity index (χ1) is 7.13. The van der Waals surface area contributed by atoms with E-state index >= 15 is 0 Å². The highest BCUT2D eigenvalue weighted by molar-refractivity contribution is 5.73. The Labute approximate surface area is 88.3 Å². The van der Waals surface area contributed by atoms with Crippen LogP contribution in [0.2, 0.25) is 0 Å². The zero-order valence-electron chi connectivity index (χ0n) is 9.28. The average molecular weight is 205 g/mol. The fraction of sp³-hybridized carbons (Fsp3) is 0.417. The van der Waals surface area contributed by atoms with Gasteiger partial charge in [-0.25, -0.2) is 4.79 Å². The number of nitrogens with zero attached hydrogens (tertiary/aromatic N) is 1. The molecular weight excluding hydrogens is 190 g/mol. The molecule has 0 spiro atoms. The second-order valence-electron chi connectivity index (χ2n) is 3.99. The third kappa shape index (κ3) is 1.58. The van der Waals surface area contributed by atoms with Gasteiger partial charge in [-0.3, -0.25) is 4.57 Å². The number of benzene rings is 1. The van der Waals surface area contributed by atoms with Gasteiger partial charge in [0.25, 0.3) is 0 Å². The molecule has 1 aromatic heterocycles. The first-order valence-corrected chi connectivity index (χ1v) is 5.27. The Balaban J connectivity index is 2.78. The third-order valence-corrected chi connectivity index (χ3v) is 2.60. The van der Waals surface area contributed by atoms with Gasteiger partial charge < -0.3 is 4.42 Å². The van der Waals surface area contributed by atoms with Crippen LogP contribution in [-0.2, 0) is 6.42 Å². The Morgan fingerprint density at radius 1 is 1.40 bits per heavy atom. The van der Waals surface area contributed by atoms with Gasteiger partial charge in [-0.05, 0) is 38.0 Å². The van der Waals surface area contributed by atoms with Gasteiger partial charge in [0.1, 0.15) is 0 Å². The van der Waals surface area contributed by atoms with Crippen molar-refractivity contribution >= 4 is 11.1 Å². The van der Waals surface area contributed by atoms with Gasteiger partial charge in [-0.2, -0.15) is 0 Å². The molecule has 0 saturated carbocycles. The van der Waals surface area contributed by atoms with Crippen molar-refractivity contribution < 1.29 is 4.42 Å². The number of oxazole rings is 1. The van der Waals surface area contributed by atoms with E-state index in [0.29, 0.717) is 5.58 Å². The molecule has 0 aliphatic carbocycles. The van der Waals surface area contributed by atoms with Crippen LogP contribution < -0.4 is 5.76 Å². The van der Waals surface area contributed by atoms with Gasteiger partial charge >= 0.3 is 5.76 Å². The first-order valence-electron chi connectivity index (χ1n) is 5.27. The Morgan fingerprint density at radius 2 is 2.13 bits per heavy atom. The number of rotatable bonds is 2. The van der Waals surface area contributed by atoms with E-state index < -0.39 is 0 Å². The molecule has 1 aromatic carbocycles. The summed E-state index contributed by atoms with van der Waals surface area (Å²) in [6, 6.07) is 6.02. The predicted octanol–water partition coefficient (Wildman–Crippen LogP) is 2.74. The first kappa shape index (κ1) is 10.0. The molecule has 0 fully saturated rings. The van der Waals surface area contributed by atoms with Crippen molar-refractivity contribution in [1.82, 2.24) is 4.57 Å². The minimum Gasteiger partial charge on any atom is -0.408 e. The van der Waals surface area contributed by atoms with E-state index in [-0.39, 0.29) is 11.8 Å². The molecule has 15 heavy (non-hydrogen) atoms. The molecule has 0 aliphatic heterocycles. The van der Waals surface area contributed by atoms with E-state index in [1.807, 2.05) is 32.0 Å². The molecule has 0 saturated heterocycles.